The molecule has 0 spiro atoms. The number of halogens is 1. The quantitative estimate of drug-likeness (QED) is 0.124. The van der Waals surface area contributed by atoms with E-state index in [1.54, 1.807) is 19.1 Å². The number of fused-ring (bicyclic) bond motifs is 3. The molecule has 3 aliphatic rings. The van der Waals surface area contributed by atoms with Crippen LogP contribution < -0.4 is 4.74 Å². The van der Waals surface area contributed by atoms with Gasteiger partial charge in [0.05, 0.1) is 47.8 Å². The molecule has 0 bridgehead atoms. The van der Waals surface area contributed by atoms with Crippen LogP contribution in [0.1, 0.15) is 82.1 Å². The molecule has 1 fully saturated rings. The van der Waals surface area contributed by atoms with Gasteiger partial charge < -0.3 is 34.6 Å². The average Bonchev–Trinajstić information content (AvgIpc) is 3.13. The van der Waals surface area contributed by atoms with Crippen LogP contribution in [-0.4, -0.2) is 79.9 Å². The summed E-state index contributed by atoms with van der Waals surface area (Å²) in [5.74, 6) is -1.98. The summed E-state index contributed by atoms with van der Waals surface area (Å²) < 4.78 is 18.2. The molecule has 1 saturated heterocycles. The molecule has 5 N–H and O–H groups in total. The summed E-state index contributed by atoms with van der Waals surface area (Å²) in [4.78, 5) is 29.0. The highest BCUT2D eigenvalue weighted by Crippen LogP contribution is 2.52. The number of aromatic hydroxyl groups is 2. The van der Waals surface area contributed by atoms with E-state index in [1.165, 1.54) is 20.1 Å². The third kappa shape index (κ3) is 6.85. The number of phenolic OH excluding ortho intramolecular Hbond substituents is 2. The third-order valence-corrected chi connectivity index (χ3v) is 10.7. The lowest BCUT2D eigenvalue weighted by atomic mass is 9.72. The minimum absolute atomic E-state index is 0. The molecule has 0 amide bonds. The fourth-order valence-corrected chi connectivity index (χ4v) is 7.94. The maximum absolute atomic E-state index is 13.9. The summed E-state index contributed by atoms with van der Waals surface area (Å²) in [5, 5.41) is 56.0. The first-order chi connectivity index (χ1) is 24.9. The van der Waals surface area contributed by atoms with E-state index < -0.39 is 59.3 Å². The summed E-state index contributed by atoms with van der Waals surface area (Å²) in [6, 6.07) is 24.1. The first-order valence-electron chi connectivity index (χ1n) is 17.4. The highest BCUT2D eigenvalue weighted by atomic mass is 35.5. The van der Waals surface area contributed by atoms with Crippen LogP contribution in [0.2, 0.25) is 0 Å². The van der Waals surface area contributed by atoms with Crippen molar-refractivity contribution in [2.45, 2.75) is 82.4 Å². The highest BCUT2D eigenvalue weighted by molar-refractivity contribution is 6.32. The molecule has 0 aromatic heterocycles. The van der Waals surface area contributed by atoms with Crippen LogP contribution in [0.3, 0.4) is 0 Å². The van der Waals surface area contributed by atoms with Gasteiger partial charge in [-0.2, -0.15) is 0 Å². The highest BCUT2D eigenvalue weighted by Gasteiger charge is 2.49. The minimum Gasteiger partial charge on any atom is -0.507 e. The molecule has 1 aliphatic heterocycles. The Morgan fingerprint density at radius 2 is 1.57 bits per heavy atom. The van der Waals surface area contributed by atoms with Gasteiger partial charge >= 0.3 is 0 Å². The second-order valence-corrected chi connectivity index (χ2v) is 14.0. The Bertz CT molecular complexity index is 2000. The van der Waals surface area contributed by atoms with Gasteiger partial charge in [-0.05, 0) is 31.0 Å². The monoisotopic (exact) mass is 742 g/mol. The van der Waals surface area contributed by atoms with Crippen molar-refractivity contribution in [2.75, 3.05) is 7.11 Å². The molecule has 12 heteroatoms. The van der Waals surface area contributed by atoms with Gasteiger partial charge in [-0.15, -0.1) is 12.4 Å². The zero-order chi connectivity index (χ0) is 36.9. The van der Waals surface area contributed by atoms with E-state index in [2.05, 4.69) is 4.90 Å². The smallest absolute Gasteiger partial charge is 0.198 e. The molecule has 11 nitrogen and oxygen atoms in total. The van der Waals surface area contributed by atoms with Crippen molar-refractivity contribution >= 4 is 29.7 Å². The summed E-state index contributed by atoms with van der Waals surface area (Å²) in [7, 11) is 1.41. The van der Waals surface area contributed by atoms with E-state index in [-0.39, 0.29) is 76.5 Å². The van der Waals surface area contributed by atoms with Crippen molar-refractivity contribution in [3.05, 3.63) is 123 Å². The summed E-state index contributed by atoms with van der Waals surface area (Å²) in [6.07, 6.45) is -4.27. The topological polar surface area (TPSA) is 170 Å². The van der Waals surface area contributed by atoms with Gasteiger partial charge in [-0.1, -0.05) is 72.8 Å². The number of Topliss-reactive ketones (excluding diaryl/α,β-unsaturated/α-hetero) is 1. The van der Waals surface area contributed by atoms with E-state index in [1.807, 2.05) is 60.7 Å². The third-order valence-electron chi connectivity index (χ3n) is 10.7. The Hall–Kier alpha value is -4.62. The van der Waals surface area contributed by atoms with Crippen molar-refractivity contribution in [3.8, 4) is 17.2 Å². The Kier molecular flexibility index (Phi) is 10.8. The van der Waals surface area contributed by atoms with E-state index in [0.717, 1.165) is 11.1 Å². The Balaban J connectivity index is 0.00000481. The molecule has 4 aromatic rings. The molecular formula is C41H43ClN2O9. The summed E-state index contributed by atoms with van der Waals surface area (Å²) in [6.45, 7) is 4.02. The second-order valence-electron chi connectivity index (χ2n) is 14.0. The molecule has 2 aliphatic carbocycles. The van der Waals surface area contributed by atoms with Crippen molar-refractivity contribution < 1.29 is 44.2 Å². The predicted molar refractivity (Wildman–Crippen MR) is 198 cm³/mol. The van der Waals surface area contributed by atoms with Crippen LogP contribution in [0, 0.1) is 5.41 Å². The SMILES string of the molecule is COc1cccc2c1C(=N)c1c(O)c3c(c(O)c1C2=O)CC(O)(C(C)=O)CC3OC1CC(N(Cc2ccccc2)Cc2ccccc2)C(O)C(C)O1.Cl. The van der Waals surface area contributed by atoms with Gasteiger partial charge in [0.1, 0.15) is 22.8 Å². The van der Waals surface area contributed by atoms with Gasteiger partial charge in [0.15, 0.2) is 17.9 Å². The molecule has 6 unspecified atom stereocenters. The standard InChI is InChI=1S/C41H42N2O9.ClH/c1-22-37(45)28(43(20-24-11-6-4-7-12-24)21-25-13-8-5-9-14-25)17-31(51-22)52-30-19-41(49,23(2)44)18-27-33(30)40(48)34-35(39(27)47)38(46)26-15-10-16-29(50-3)32(26)36(34)42;/h4-16,22,28,30-31,37,42,45,47-49H,17-21H2,1-3H3;1H. The number of rotatable bonds is 9. The zero-order valence-corrected chi connectivity index (χ0v) is 30.4. The van der Waals surface area contributed by atoms with Crippen LogP contribution in [0.25, 0.3) is 0 Å². The number of nitrogens with one attached hydrogen (secondary N) is 1. The number of benzene rings is 4. The van der Waals surface area contributed by atoms with Crippen molar-refractivity contribution in [1.29, 1.82) is 5.41 Å². The molecule has 1 heterocycles. The number of aliphatic hydroxyl groups excluding tert-OH is 1. The predicted octanol–water partition coefficient (Wildman–Crippen LogP) is 5.38. The second kappa shape index (κ2) is 15.0. The first-order valence-corrected chi connectivity index (χ1v) is 17.4. The van der Waals surface area contributed by atoms with Crippen LogP contribution in [0.4, 0.5) is 0 Å². The van der Waals surface area contributed by atoms with E-state index in [0.29, 0.717) is 13.1 Å². The lowest BCUT2D eigenvalue weighted by Gasteiger charge is -2.45. The number of hydrogen-bond donors (Lipinski definition) is 5. The molecule has 7 rings (SSSR count). The molecule has 278 valence electrons. The number of methoxy groups -OCH3 is 1. The van der Waals surface area contributed by atoms with Gasteiger partial charge in [-0.25, -0.2) is 0 Å². The van der Waals surface area contributed by atoms with Crippen molar-refractivity contribution in [2.24, 2.45) is 0 Å². The fourth-order valence-electron chi connectivity index (χ4n) is 7.94. The van der Waals surface area contributed by atoms with Crippen LogP contribution in [-0.2, 0) is 33.8 Å². The van der Waals surface area contributed by atoms with Crippen LogP contribution >= 0.6 is 12.4 Å². The van der Waals surface area contributed by atoms with Gasteiger partial charge in [-0.3, -0.25) is 19.9 Å². The van der Waals surface area contributed by atoms with Crippen molar-refractivity contribution in [3.63, 3.8) is 0 Å². The number of aliphatic hydroxyl groups is 2. The lowest BCUT2D eigenvalue weighted by Crippen LogP contribution is -2.55. The number of hydrogen-bond acceptors (Lipinski definition) is 11. The van der Waals surface area contributed by atoms with Crippen molar-refractivity contribution in [1.82, 2.24) is 4.90 Å². The minimum atomic E-state index is -2.01. The molecule has 53 heavy (non-hydrogen) atoms. The number of phenols is 2. The number of ketones is 2. The molecular weight excluding hydrogens is 700 g/mol. The van der Waals surface area contributed by atoms with Gasteiger partial charge in [0, 0.05) is 55.1 Å². The Labute approximate surface area is 313 Å². The summed E-state index contributed by atoms with van der Waals surface area (Å²) in [5.41, 5.74) is -0.299. The lowest BCUT2D eigenvalue weighted by molar-refractivity contribution is -0.259. The summed E-state index contributed by atoms with van der Waals surface area (Å²) >= 11 is 0. The van der Waals surface area contributed by atoms with Gasteiger partial charge in [0.25, 0.3) is 0 Å². The van der Waals surface area contributed by atoms with Crippen LogP contribution in [0.15, 0.2) is 78.9 Å². The average molecular weight is 743 g/mol. The maximum atomic E-state index is 13.9. The Morgan fingerprint density at radius 1 is 0.943 bits per heavy atom. The largest absolute Gasteiger partial charge is 0.507 e. The van der Waals surface area contributed by atoms with Gasteiger partial charge in [0.2, 0.25) is 0 Å². The first kappa shape index (κ1) is 38.1. The van der Waals surface area contributed by atoms with Crippen LogP contribution in [0.5, 0.6) is 17.2 Å². The zero-order valence-electron chi connectivity index (χ0n) is 29.6. The number of carbonyl (C=O) groups is 2. The van der Waals surface area contributed by atoms with E-state index >= 15 is 0 Å². The maximum Gasteiger partial charge on any atom is 0.198 e. The van der Waals surface area contributed by atoms with E-state index in [9.17, 15) is 30.0 Å². The fraction of sp³-hybridized carbons (Fsp3) is 0.341. The molecule has 0 radical (unpaired) electrons. The Morgan fingerprint density at radius 3 is 2.15 bits per heavy atom. The number of nitrogens with zero attached hydrogens (tertiary/aromatic N) is 1. The van der Waals surface area contributed by atoms with E-state index in [4.69, 9.17) is 19.6 Å². The normalized spacial score (nSPS) is 24.8. The number of carbonyl (C=O) groups excluding carboxylic acids is 2. The molecule has 6 atom stereocenters. The molecule has 4 aromatic carbocycles. The number of ether oxygens (including phenoxy) is 3. The molecule has 0 saturated carbocycles.